The Morgan fingerprint density at radius 1 is 1.32 bits per heavy atom. The fourth-order valence-electron chi connectivity index (χ4n) is 2.84. The Hall–Kier alpha value is -1.24. The molecule has 4 nitrogen and oxygen atoms in total. The summed E-state index contributed by atoms with van der Waals surface area (Å²) in [5, 5.41) is 10.3. The maximum Gasteiger partial charge on any atom is 0.387 e. The third kappa shape index (κ3) is 4.90. The minimum Gasteiger partial charge on any atom is -0.435 e. The Morgan fingerprint density at radius 2 is 2.00 bits per heavy atom. The third-order valence-electron chi connectivity index (χ3n) is 4.13. The first-order valence-electron chi connectivity index (χ1n) is 7.57. The summed E-state index contributed by atoms with van der Waals surface area (Å²) in [6.07, 6.45) is 1.68. The Morgan fingerprint density at radius 3 is 2.59 bits per heavy atom. The van der Waals surface area contributed by atoms with Gasteiger partial charge in [0.1, 0.15) is 5.75 Å². The first-order valence-corrected chi connectivity index (χ1v) is 7.57. The van der Waals surface area contributed by atoms with Gasteiger partial charge in [0.05, 0.1) is 6.10 Å². The molecular weight excluding hydrogens is 290 g/mol. The summed E-state index contributed by atoms with van der Waals surface area (Å²) < 4.78 is 28.5. The maximum absolute atomic E-state index is 12.1. The molecule has 1 N–H and O–H groups in total. The monoisotopic (exact) mass is 314 g/mol. The van der Waals surface area contributed by atoms with Gasteiger partial charge < -0.3 is 14.7 Å². The number of hydrogen-bond acceptors (Lipinski definition) is 4. The van der Waals surface area contributed by atoms with Gasteiger partial charge in [-0.3, -0.25) is 4.90 Å². The van der Waals surface area contributed by atoms with Crippen molar-refractivity contribution < 1.29 is 18.6 Å². The minimum absolute atomic E-state index is 0.108. The molecule has 2 rings (SSSR count). The van der Waals surface area contributed by atoms with Gasteiger partial charge >= 0.3 is 6.61 Å². The highest BCUT2D eigenvalue weighted by atomic mass is 19.3. The van der Waals surface area contributed by atoms with Crippen LogP contribution in [-0.2, 0) is 0 Å². The van der Waals surface area contributed by atoms with Crippen molar-refractivity contribution in [2.24, 2.45) is 0 Å². The summed E-state index contributed by atoms with van der Waals surface area (Å²) in [6, 6.07) is 6.71. The smallest absolute Gasteiger partial charge is 0.387 e. The molecule has 1 saturated heterocycles. The summed E-state index contributed by atoms with van der Waals surface area (Å²) in [6.45, 7) is -0.351. The van der Waals surface area contributed by atoms with Crippen molar-refractivity contribution in [2.75, 3.05) is 33.7 Å². The molecular formula is C16H24F2N2O2. The highest BCUT2D eigenvalue weighted by molar-refractivity contribution is 5.28. The number of hydrogen-bond donors (Lipinski definition) is 1. The second-order valence-corrected chi connectivity index (χ2v) is 5.98. The molecule has 1 aliphatic heterocycles. The van der Waals surface area contributed by atoms with E-state index in [0.29, 0.717) is 18.2 Å². The quantitative estimate of drug-likeness (QED) is 0.874. The van der Waals surface area contributed by atoms with E-state index >= 15 is 0 Å². The topological polar surface area (TPSA) is 35.9 Å². The van der Waals surface area contributed by atoms with Crippen LogP contribution in [0.25, 0.3) is 0 Å². The lowest BCUT2D eigenvalue weighted by Crippen LogP contribution is -2.46. The molecule has 0 aliphatic carbocycles. The number of halogens is 2. The number of benzene rings is 1. The SMILES string of the molecule is CN(C)C1CCCN(CC(O)c2ccc(OC(F)F)cc2)C1. The number of β-amino-alcohol motifs (C(OH)–C–C–N with tert-alkyl or cyclic N) is 1. The van der Waals surface area contributed by atoms with E-state index in [4.69, 9.17) is 0 Å². The molecule has 124 valence electrons. The Labute approximate surface area is 130 Å². The van der Waals surface area contributed by atoms with Crippen LogP contribution in [0.1, 0.15) is 24.5 Å². The molecule has 0 amide bonds. The number of nitrogens with zero attached hydrogens (tertiary/aromatic N) is 2. The zero-order valence-electron chi connectivity index (χ0n) is 13.1. The molecule has 1 aromatic rings. The van der Waals surface area contributed by atoms with Crippen LogP contribution in [0.4, 0.5) is 8.78 Å². The van der Waals surface area contributed by atoms with Crippen molar-refractivity contribution in [1.82, 2.24) is 9.80 Å². The summed E-state index contributed by atoms with van der Waals surface area (Å²) in [7, 11) is 4.15. The fraction of sp³-hybridized carbons (Fsp3) is 0.625. The Balaban J connectivity index is 1.89. The Kier molecular flexibility index (Phi) is 6.11. The first-order chi connectivity index (χ1) is 10.5. The standard InChI is InChI=1S/C16H24F2N2O2/c1-19(2)13-4-3-9-20(10-13)11-15(21)12-5-7-14(8-6-12)22-16(17)18/h5-8,13,15-16,21H,3-4,9-11H2,1-2H3. The number of likely N-dealkylation sites (tertiary alicyclic amines) is 1. The lowest BCUT2D eigenvalue weighted by Gasteiger charge is -2.37. The molecule has 6 heteroatoms. The van der Waals surface area contributed by atoms with Crippen LogP contribution < -0.4 is 4.74 Å². The van der Waals surface area contributed by atoms with Crippen molar-refractivity contribution >= 4 is 0 Å². The van der Waals surface area contributed by atoms with Crippen molar-refractivity contribution in [3.8, 4) is 5.75 Å². The number of ether oxygens (including phenoxy) is 1. The average molecular weight is 314 g/mol. The number of piperidine rings is 1. The van der Waals surface area contributed by atoms with Gasteiger partial charge in [-0.25, -0.2) is 0 Å². The molecule has 1 fully saturated rings. The van der Waals surface area contributed by atoms with E-state index < -0.39 is 12.7 Å². The Bertz CT molecular complexity index is 454. The molecule has 0 saturated carbocycles. The van der Waals surface area contributed by atoms with E-state index in [-0.39, 0.29) is 5.75 Å². The molecule has 1 aliphatic rings. The van der Waals surface area contributed by atoms with E-state index in [1.807, 2.05) is 0 Å². The number of aliphatic hydroxyl groups is 1. The van der Waals surface area contributed by atoms with Gasteiger partial charge in [0.25, 0.3) is 0 Å². The second kappa shape index (κ2) is 7.85. The predicted octanol–water partition coefficient (Wildman–Crippen LogP) is 2.35. The van der Waals surface area contributed by atoms with E-state index in [1.165, 1.54) is 18.6 Å². The molecule has 1 aromatic carbocycles. The minimum atomic E-state index is -2.83. The van der Waals surface area contributed by atoms with Gasteiger partial charge in [-0.05, 0) is 51.2 Å². The van der Waals surface area contributed by atoms with Crippen molar-refractivity contribution in [2.45, 2.75) is 31.6 Å². The van der Waals surface area contributed by atoms with Crippen LogP contribution in [0.3, 0.4) is 0 Å². The van der Waals surface area contributed by atoms with Crippen molar-refractivity contribution in [3.05, 3.63) is 29.8 Å². The first kappa shape index (κ1) is 17.1. The average Bonchev–Trinajstić information content (AvgIpc) is 2.47. The lowest BCUT2D eigenvalue weighted by molar-refractivity contribution is -0.0498. The highest BCUT2D eigenvalue weighted by Gasteiger charge is 2.23. The summed E-state index contributed by atoms with van der Waals surface area (Å²) in [4.78, 5) is 4.47. The maximum atomic E-state index is 12.1. The predicted molar refractivity (Wildman–Crippen MR) is 81.2 cm³/mol. The van der Waals surface area contributed by atoms with Crippen LogP contribution in [0, 0.1) is 0 Å². The summed E-state index contributed by atoms with van der Waals surface area (Å²) in [5.41, 5.74) is 0.716. The molecule has 0 spiro atoms. The van der Waals surface area contributed by atoms with Gasteiger partial charge in [-0.2, -0.15) is 8.78 Å². The van der Waals surface area contributed by atoms with Crippen LogP contribution in [0.2, 0.25) is 0 Å². The van der Waals surface area contributed by atoms with Crippen molar-refractivity contribution in [1.29, 1.82) is 0 Å². The number of rotatable bonds is 6. The van der Waals surface area contributed by atoms with Gasteiger partial charge in [0, 0.05) is 19.1 Å². The largest absolute Gasteiger partial charge is 0.435 e. The molecule has 1 heterocycles. The fourth-order valence-corrected chi connectivity index (χ4v) is 2.84. The number of aliphatic hydroxyl groups excluding tert-OH is 1. The van der Waals surface area contributed by atoms with Crippen LogP contribution in [0.5, 0.6) is 5.75 Å². The van der Waals surface area contributed by atoms with Crippen LogP contribution >= 0.6 is 0 Å². The van der Waals surface area contributed by atoms with Gasteiger partial charge in [-0.1, -0.05) is 12.1 Å². The lowest BCUT2D eigenvalue weighted by atomic mass is 10.0. The molecule has 2 unspecified atom stereocenters. The van der Waals surface area contributed by atoms with E-state index in [9.17, 15) is 13.9 Å². The molecule has 0 bridgehead atoms. The molecule has 2 atom stereocenters. The van der Waals surface area contributed by atoms with E-state index in [1.54, 1.807) is 12.1 Å². The number of alkyl halides is 2. The second-order valence-electron chi connectivity index (χ2n) is 5.98. The van der Waals surface area contributed by atoms with E-state index in [0.717, 1.165) is 19.5 Å². The van der Waals surface area contributed by atoms with E-state index in [2.05, 4.69) is 28.6 Å². The molecule has 22 heavy (non-hydrogen) atoms. The zero-order valence-corrected chi connectivity index (χ0v) is 13.1. The van der Waals surface area contributed by atoms with Crippen LogP contribution in [0.15, 0.2) is 24.3 Å². The zero-order chi connectivity index (χ0) is 16.1. The summed E-state index contributed by atoms with van der Waals surface area (Å²) >= 11 is 0. The number of likely N-dealkylation sites (N-methyl/N-ethyl adjacent to an activating group) is 1. The van der Waals surface area contributed by atoms with Crippen molar-refractivity contribution in [3.63, 3.8) is 0 Å². The van der Waals surface area contributed by atoms with Gasteiger partial charge in [0.15, 0.2) is 0 Å². The third-order valence-corrected chi connectivity index (χ3v) is 4.13. The van der Waals surface area contributed by atoms with Crippen LogP contribution in [-0.4, -0.2) is 61.3 Å². The highest BCUT2D eigenvalue weighted by Crippen LogP contribution is 2.22. The molecule has 0 aromatic heterocycles. The summed E-state index contributed by atoms with van der Waals surface area (Å²) in [5.74, 6) is 0.108. The molecule has 0 radical (unpaired) electrons. The normalized spacial score (nSPS) is 21.3. The van der Waals surface area contributed by atoms with Gasteiger partial charge in [-0.15, -0.1) is 0 Å². The van der Waals surface area contributed by atoms with Gasteiger partial charge in [0.2, 0.25) is 0 Å².